The van der Waals surface area contributed by atoms with Crippen molar-refractivity contribution in [3.8, 4) is 0 Å². The normalized spacial score (nSPS) is 10.5. The number of hydrogen-bond acceptors (Lipinski definition) is 4. The van der Waals surface area contributed by atoms with Gasteiger partial charge in [-0.15, -0.1) is 0 Å². The zero-order chi connectivity index (χ0) is 16.9. The van der Waals surface area contributed by atoms with Gasteiger partial charge in [-0.25, -0.2) is 4.79 Å². The predicted molar refractivity (Wildman–Crippen MR) is 90.9 cm³/mol. The minimum Gasteiger partial charge on any atom is -0.454 e. The summed E-state index contributed by atoms with van der Waals surface area (Å²) in [6.45, 7) is -0.394. The smallest absolute Gasteiger partial charge is 0.338 e. The lowest BCUT2D eigenvalue weighted by atomic mass is 10.0. The summed E-state index contributed by atoms with van der Waals surface area (Å²) in [5, 5.41) is 11.0. The fraction of sp³-hybridized carbons (Fsp3) is 0.100. The Hall–Kier alpha value is -2.98. The van der Waals surface area contributed by atoms with Crippen molar-refractivity contribution >= 4 is 22.5 Å². The molecule has 0 aliphatic rings. The number of carbonyl (C=O) groups excluding carboxylic acids is 2. The van der Waals surface area contributed by atoms with Crippen LogP contribution in [-0.2, 0) is 11.3 Å². The second-order valence-electron chi connectivity index (χ2n) is 5.42. The highest BCUT2D eigenvalue weighted by atomic mass is 16.5. The van der Waals surface area contributed by atoms with Crippen molar-refractivity contribution in [2.45, 2.75) is 6.61 Å². The van der Waals surface area contributed by atoms with Crippen LogP contribution in [0.2, 0.25) is 0 Å². The number of ketones is 1. The zero-order valence-electron chi connectivity index (χ0n) is 12.9. The fourth-order valence-corrected chi connectivity index (χ4v) is 2.41. The summed E-state index contributed by atoms with van der Waals surface area (Å²) >= 11 is 0. The second kappa shape index (κ2) is 7.06. The van der Waals surface area contributed by atoms with Crippen LogP contribution in [-0.4, -0.2) is 23.5 Å². The first-order valence-electron chi connectivity index (χ1n) is 7.56. The van der Waals surface area contributed by atoms with Crippen LogP contribution in [0, 0.1) is 0 Å². The van der Waals surface area contributed by atoms with E-state index in [9.17, 15) is 9.59 Å². The van der Waals surface area contributed by atoms with E-state index >= 15 is 0 Å². The molecule has 0 heterocycles. The number of carbonyl (C=O) groups is 2. The van der Waals surface area contributed by atoms with Crippen molar-refractivity contribution in [1.29, 1.82) is 0 Å². The first-order chi connectivity index (χ1) is 11.7. The van der Waals surface area contributed by atoms with Crippen molar-refractivity contribution in [1.82, 2.24) is 0 Å². The summed E-state index contributed by atoms with van der Waals surface area (Å²) in [6, 6.07) is 19.6. The molecule has 0 aliphatic heterocycles. The van der Waals surface area contributed by atoms with E-state index < -0.39 is 5.97 Å². The molecule has 3 aromatic rings. The molecule has 1 N–H and O–H groups in total. The lowest BCUT2D eigenvalue weighted by Crippen LogP contribution is -2.14. The third kappa shape index (κ3) is 3.50. The lowest BCUT2D eigenvalue weighted by Gasteiger charge is -2.06. The third-order valence-electron chi connectivity index (χ3n) is 3.78. The summed E-state index contributed by atoms with van der Waals surface area (Å²) < 4.78 is 5.08. The maximum Gasteiger partial charge on any atom is 0.338 e. The molecule has 4 nitrogen and oxygen atoms in total. The minimum absolute atomic E-state index is 0.0875. The Labute approximate surface area is 139 Å². The topological polar surface area (TPSA) is 63.6 Å². The van der Waals surface area contributed by atoms with E-state index in [1.807, 2.05) is 30.3 Å². The Morgan fingerprint density at radius 3 is 2.21 bits per heavy atom. The number of fused-ring (bicyclic) bond motifs is 1. The number of hydrogen-bond donors (Lipinski definition) is 1. The summed E-state index contributed by atoms with van der Waals surface area (Å²) in [7, 11) is 0. The maximum absolute atomic E-state index is 12.2. The molecule has 4 heteroatoms. The Bertz CT molecular complexity index is 882. The van der Waals surface area contributed by atoms with Gasteiger partial charge in [0, 0.05) is 5.56 Å². The van der Waals surface area contributed by atoms with Gasteiger partial charge in [-0.1, -0.05) is 48.5 Å². The maximum atomic E-state index is 12.2. The predicted octanol–water partition coefficient (Wildman–Crippen LogP) is 3.37. The summed E-state index contributed by atoms with van der Waals surface area (Å²) in [6.07, 6.45) is 0. The highest BCUT2D eigenvalue weighted by Crippen LogP contribution is 2.16. The van der Waals surface area contributed by atoms with E-state index in [2.05, 4.69) is 0 Å². The molecule has 0 saturated carbocycles. The summed E-state index contributed by atoms with van der Waals surface area (Å²) in [4.78, 5) is 24.2. The van der Waals surface area contributed by atoms with Gasteiger partial charge in [0.25, 0.3) is 0 Å². The SMILES string of the molecule is O=C(COC(=O)c1ccc(CO)cc1)c1ccc2ccccc2c1. The molecule has 0 bridgehead atoms. The van der Waals surface area contributed by atoms with E-state index in [0.29, 0.717) is 16.7 Å². The quantitative estimate of drug-likeness (QED) is 0.578. The minimum atomic E-state index is -0.561. The van der Waals surface area contributed by atoms with Gasteiger partial charge in [0.2, 0.25) is 0 Å². The van der Waals surface area contributed by atoms with Gasteiger partial charge in [-0.2, -0.15) is 0 Å². The molecule has 3 aromatic carbocycles. The Morgan fingerprint density at radius 1 is 0.833 bits per heavy atom. The monoisotopic (exact) mass is 320 g/mol. The van der Waals surface area contributed by atoms with Crippen LogP contribution in [0.5, 0.6) is 0 Å². The number of esters is 1. The summed E-state index contributed by atoms with van der Waals surface area (Å²) in [5.41, 5.74) is 1.56. The molecular weight excluding hydrogens is 304 g/mol. The number of aliphatic hydroxyl groups excluding tert-OH is 1. The Kier molecular flexibility index (Phi) is 4.68. The fourth-order valence-electron chi connectivity index (χ4n) is 2.41. The van der Waals surface area contributed by atoms with Crippen molar-refractivity contribution < 1.29 is 19.4 Å². The van der Waals surface area contributed by atoms with Crippen LogP contribution in [0.1, 0.15) is 26.3 Å². The highest BCUT2D eigenvalue weighted by Gasteiger charge is 2.12. The van der Waals surface area contributed by atoms with Gasteiger partial charge >= 0.3 is 5.97 Å². The molecule has 0 unspecified atom stereocenters. The van der Waals surface area contributed by atoms with Gasteiger partial charge in [0.15, 0.2) is 12.4 Å². The molecule has 0 aliphatic carbocycles. The number of ether oxygens (including phenoxy) is 1. The largest absolute Gasteiger partial charge is 0.454 e. The Balaban J connectivity index is 1.66. The van der Waals surface area contributed by atoms with Gasteiger partial charge in [-0.05, 0) is 34.5 Å². The second-order valence-corrected chi connectivity index (χ2v) is 5.42. The standard InChI is InChI=1S/C20H16O4/c21-12-14-5-7-16(8-6-14)20(23)24-13-19(22)18-10-9-15-3-1-2-4-17(15)11-18/h1-11,21H,12-13H2. The van der Waals surface area contributed by atoms with E-state index in [4.69, 9.17) is 9.84 Å². The van der Waals surface area contributed by atoms with Crippen LogP contribution < -0.4 is 0 Å². The number of rotatable bonds is 5. The van der Waals surface area contributed by atoms with E-state index in [1.54, 1.807) is 36.4 Å². The molecule has 0 aromatic heterocycles. The lowest BCUT2D eigenvalue weighted by molar-refractivity contribution is 0.0474. The number of Topliss-reactive ketones (excluding diaryl/α,β-unsaturated/α-hetero) is 1. The first kappa shape index (κ1) is 15.9. The molecule has 120 valence electrons. The van der Waals surface area contributed by atoms with E-state index in [1.165, 1.54) is 0 Å². The number of benzene rings is 3. The van der Waals surface area contributed by atoms with Gasteiger partial charge in [-0.3, -0.25) is 4.79 Å². The van der Waals surface area contributed by atoms with Crippen molar-refractivity contribution in [3.63, 3.8) is 0 Å². The van der Waals surface area contributed by atoms with Gasteiger partial charge < -0.3 is 9.84 Å². The zero-order valence-corrected chi connectivity index (χ0v) is 12.9. The van der Waals surface area contributed by atoms with Crippen LogP contribution in [0.3, 0.4) is 0 Å². The molecule has 0 fully saturated rings. The van der Waals surface area contributed by atoms with E-state index in [-0.39, 0.29) is 19.0 Å². The first-order valence-corrected chi connectivity index (χ1v) is 7.56. The Morgan fingerprint density at radius 2 is 1.50 bits per heavy atom. The van der Waals surface area contributed by atoms with E-state index in [0.717, 1.165) is 10.8 Å². The molecule has 3 rings (SSSR count). The van der Waals surface area contributed by atoms with Crippen LogP contribution in [0.25, 0.3) is 10.8 Å². The average molecular weight is 320 g/mol. The average Bonchev–Trinajstić information content (AvgIpc) is 2.65. The van der Waals surface area contributed by atoms with Gasteiger partial charge in [0.1, 0.15) is 0 Å². The van der Waals surface area contributed by atoms with Gasteiger partial charge in [0.05, 0.1) is 12.2 Å². The van der Waals surface area contributed by atoms with Crippen LogP contribution in [0.15, 0.2) is 66.7 Å². The van der Waals surface area contributed by atoms with Crippen molar-refractivity contribution in [2.24, 2.45) is 0 Å². The molecule has 0 amide bonds. The number of aliphatic hydroxyl groups is 1. The third-order valence-corrected chi connectivity index (χ3v) is 3.78. The molecular formula is C20H16O4. The summed E-state index contributed by atoms with van der Waals surface area (Å²) in [5.74, 6) is -0.810. The van der Waals surface area contributed by atoms with Crippen molar-refractivity contribution in [2.75, 3.05) is 6.61 Å². The molecule has 24 heavy (non-hydrogen) atoms. The molecule has 0 radical (unpaired) electrons. The molecule has 0 saturated heterocycles. The highest BCUT2D eigenvalue weighted by molar-refractivity contribution is 6.02. The van der Waals surface area contributed by atoms with Crippen LogP contribution in [0.4, 0.5) is 0 Å². The van der Waals surface area contributed by atoms with Crippen LogP contribution >= 0.6 is 0 Å². The van der Waals surface area contributed by atoms with Crippen molar-refractivity contribution in [3.05, 3.63) is 83.4 Å². The molecule has 0 spiro atoms. The molecule has 0 atom stereocenters.